The quantitative estimate of drug-likeness (QED) is 0.848. The molecule has 0 aliphatic heterocycles. The summed E-state index contributed by atoms with van der Waals surface area (Å²) in [6.07, 6.45) is 0.148. The van der Waals surface area contributed by atoms with Crippen molar-refractivity contribution in [3.8, 4) is 0 Å². The molecule has 18 heavy (non-hydrogen) atoms. The Bertz CT molecular complexity index is 546. The number of nitrogens with one attached hydrogen (secondary N) is 1. The van der Waals surface area contributed by atoms with Crippen LogP contribution < -0.4 is 5.32 Å². The van der Waals surface area contributed by atoms with E-state index in [0.717, 1.165) is 0 Å². The fourth-order valence-electron chi connectivity index (χ4n) is 2.13. The van der Waals surface area contributed by atoms with Crippen LogP contribution in [0.5, 0.6) is 0 Å². The van der Waals surface area contributed by atoms with Gasteiger partial charge in [0.15, 0.2) is 0 Å². The number of fused-ring (bicyclic) bond motifs is 1. The van der Waals surface area contributed by atoms with Crippen molar-refractivity contribution in [2.75, 3.05) is 6.54 Å². The molecule has 2 N–H and O–H groups in total. The van der Waals surface area contributed by atoms with Crippen LogP contribution in [0.25, 0.3) is 10.8 Å². The maximum atomic E-state index is 10.5. The van der Waals surface area contributed by atoms with Crippen LogP contribution >= 0.6 is 0 Å². The van der Waals surface area contributed by atoms with Gasteiger partial charge in [-0.3, -0.25) is 4.79 Å². The highest BCUT2D eigenvalue weighted by molar-refractivity contribution is 5.86. The number of carbonyl (C=O) groups is 1. The summed E-state index contributed by atoms with van der Waals surface area (Å²) < 4.78 is 0. The van der Waals surface area contributed by atoms with Crippen LogP contribution in [-0.2, 0) is 4.79 Å². The molecule has 2 rings (SSSR count). The van der Waals surface area contributed by atoms with Gasteiger partial charge in [-0.2, -0.15) is 0 Å². The molecule has 2 aromatic carbocycles. The summed E-state index contributed by atoms with van der Waals surface area (Å²) in [7, 11) is 0. The van der Waals surface area contributed by atoms with Gasteiger partial charge in [0.2, 0.25) is 0 Å². The topological polar surface area (TPSA) is 49.3 Å². The molecular weight excluding hydrogens is 226 g/mol. The molecule has 0 heterocycles. The molecular formula is C15H17NO2. The molecule has 0 bridgehead atoms. The lowest BCUT2D eigenvalue weighted by Crippen LogP contribution is -2.22. The van der Waals surface area contributed by atoms with Crippen LogP contribution in [0.3, 0.4) is 0 Å². The Morgan fingerprint density at radius 3 is 2.72 bits per heavy atom. The SMILES string of the molecule is CC(NCCC(=O)O)c1cccc2ccccc12. The average molecular weight is 243 g/mol. The number of hydrogen-bond donors (Lipinski definition) is 2. The standard InChI is InChI=1S/C15H17NO2/c1-11(16-10-9-15(17)18)13-8-4-6-12-5-2-3-7-14(12)13/h2-8,11,16H,9-10H2,1H3,(H,17,18). The Morgan fingerprint density at radius 2 is 1.94 bits per heavy atom. The van der Waals surface area contributed by atoms with Crippen LogP contribution in [-0.4, -0.2) is 17.6 Å². The normalized spacial score (nSPS) is 12.5. The monoisotopic (exact) mass is 243 g/mol. The molecule has 1 atom stereocenters. The van der Waals surface area contributed by atoms with Gasteiger partial charge >= 0.3 is 5.97 Å². The third kappa shape index (κ3) is 2.87. The first kappa shape index (κ1) is 12.6. The van der Waals surface area contributed by atoms with E-state index in [1.807, 2.05) is 18.2 Å². The summed E-state index contributed by atoms with van der Waals surface area (Å²) in [5.41, 5.74) is 1.21. The minimum absolute atomic E-state index is 0.148. The van der Waals surface area contributed by atoms with Crippen molar-refractivity contribution >= 4 is 16.7 Å². The largest absolute Gasteiger partial charge is 0.481 e. The van der Waals surface area contributed by atoms with Crippen molar-refractivity contribution in [2.24, 2.45) is 0 Å². The van der Waals surface area contributed by atoms with E-state index in [9.17, 15) is 4.79 Å². The van der Waals surface area contributed by atoms with E-state index in [0.29, 0.717) is 6.54 Å². The van der Waals surface area contributed by atoms with Crippen LogP contribution in [0, 0.1) is 0 Å². The van der Waals surface area contributed by atoms with E-state index >= 15 is 0 Å². The number of benzene rings is 2. The zero-order chi connectivity index (χ0) is 13.0. The summed E-state index contributed by atoms with van der Waals surface area (Å²) >= 11 is 0. The number of carboxylic acids is 1. The molecule has 3 heteroatoms. The van der Waals surface area contributed by atoms with Crippen LogP contribution in [0.2, 0.25) is 0 Å². The van der Waals surface area contributed by atoms with Gasteiger partial charge in [0.1, 0.15) is 0 Å². The Kier molecular flexibility index (Phi) is 3.95. The van der Waals surface area contributed by atoms with Gasteiger partial charge in [-0.05, 0) is 23.3 Å². The molecule has 3 nitrogen and oxygen atoms in total. The van der Waals surface area contributed by atoms with Crippen molar-refractivity contribution in [2.45, 2.75) is 19.4 Å². The molecule has 0 radical (unpaired) electrons. The van der Waals surface area contributed by atoms with Gasteiger partial charge in [0.05, 0.1) is 6.42 Å². The number of rotatable bonds is 5. The smallest absolute Gasteiger partial charge is 0.304 e. The third-order valence-corrected chi connectivity index (χ3v) is 3.08. The van der Waals surface area contributed by atoms with Gasteiger partial charge in [-0.1, -0.05) is 42.5 Å². The summed E-state index contributed by atoms with van der Waals surface area (Å²) in [5, 5.41) is 14.3. The predicted octanol–water partition coefficient (Wildman–Crippen LogP) is 2.97. The van der Waals surface area contributed by atoms with E-state index in [2.05, 4.69) is 36.5 Å². The maximum absolute atomic E-state index is 10.5. The van der Waals surface area contributed by atoms with Crippen molar-refractivity contribution in [3.63, 3.8) is 0 Å². The highest BCUT2D eigenvalue weighted by atomic mass is 16.4. The van der Waals surface area contributed by atoms with Crippen molar-refractivity contribution in [3.05, 3.63) is 48.0 Å². The number of aliphatic carboxylic acids is 1. The maximum Gasteiger partial charge on any atom is 0.304 e. The lowest BCUT2D eigenvalue weighted by molar-refractivity contribution is -0.136. The molecule has 0 aliphatic rings. The average Bonchev–Trinajstić information content (AvgIpc) is 2.37. The van der Waals surface area contributed by atoms with Crippen molar-refractivity contribution in [1.29, 1.82) is 0 Å². The molecule has 1 unspecified atom stereocenters. The molecule has 2 aromatic rings. The summed E-state index contributed by atoms with van der Waals surface area (Å²) in [6, 6.07) is 14.6. The van der Waals surface area contributed by atoms with E-state index < -0.39 is 5.97 Å². The van der Waals surface area contributed by atoms with Crippen molar-refractivity contribution in [1.82, 2.24) is 5.32 Å². The van der Waals surface area contributed by atoms with Gasteiger partial charge in [0, 0.05) is 12.6 Å². The van der Waals surface area contributed by atoms with Crippen molar-refractivity contribution < 1.29 is 9.90 Å². The Labute approximate surface area is 106 Å². The van der Waals surface area contributed by atoms with E-state index in [1.165, 1.54) is 16.3 Å². The second-order valence-electron chi connectivity index (χ2n) is 4.39. The molecule has 0 saturated carbocycles. The lowest BCUT2D eigenvalue weighted by atomic mass is 10.00. The minimum Gasteiger partial charge on any atom is -0.481 e. The minimum atomic E-state index is -0.771. The fraction of sp³-hybridized carbons (Fsp3) is 0.267. The van der Waals surface area contributed by atoms with Crippen LogP contribution in [0.15, 0.2) is 42.5 Å². The Morgan fingerprint density at radius 1 is 1.22 bits per heavy atom. The summed E-state index contributed by atoms with van der Waals surface area (Å²) in [4.78, 5) is 10.5. The van der Waals surface area contributed by atoms with Gasteiger partial charge < -0.3 is 10.4 Å². The highest BCUT2D eigenvalue weighted by Gasteiger charge is 2.08. The summed E-state index contributed by atoms with van der Waals surface area (Å²) in [6.45, 7) is 2.54. The second-order valence-corrected chi connectivity index (χ2v) is 4.39. The Hall–Kier alpha value is -1.87. The fourth-order valence-corrected chi connectivity index (χ4v) is 2.13. The predicted molar refractivity (Wildman–Crippen MR) is 72.6 cm³/mol. The van der Waals surface area contributed by atoms with E-state index in [-0.39, 0.29) is 12.5 Å². The third-order valence-electron chi connectivity index (χ3n) is 3.08. The zero-order valence-electron chi connectivity index (χ0n) is 10.4. The first-order valence-corrected chi connectivity index (χ1v) is 6.11. The second kappa shape index (κ2) is 5.65. The molecule has 0 fully saturated rings. The molecule has 0 aliphatic carbocycles. The van der Waals surface area contributed by atoms with E-state index in [1.54, 1.807) is 0 Å². The Balaban J connectivity index is 2.17. The molecule has 94 valence electrons. The molecule has 0 amide bonds. The molecule has 0 spiro atoms. The van der Waals surface area contributed by atoms with Crippen LogP contribution in [0.1, 0.15) is 24.9 Å². The van der Waals surface area contributed by atoms with E-state index in [4.69, 9.17) is 5.11 Å². The summed E-state index contributed by atoms with van der Waals surface area (Å²) in [5.74, 6) is -0.771. The molecule has 0 aromatic heterocycles. The lowest BCUT2D eigenvalue weighted by Gasteiger charge is -2.16. The van der Waals surface area contributed by atoms with Gasteiger partial charge in [0.25, 0.3) is 0 Å². The number of hydrogen-bond acceptors (Lipinski definition) is 2. The molecule has 0 saturated heterocycles. The number of carboxylic acid groups (broad SMARTS) is 1. The highest BCUT2D eigenvalue weighted by Crippen LogP contribution is 2.23. The van der Waals surface area contributed by atoms with Gasteiger partial charge in [-0.15, -0.1) is 0 Å². The first-order chi connectivity index (χ1) is 8.68. The zero-order valence-corrected chi connectivity index (χ0v) is 10.4. The first-order valence-electron chi connectivity index (χ1n) is 6.11. The van der Waals surface area contributed by atoms with Gasteiger partial charge in [-0.25, -0.2) is 0 Å². The van der Waals surface area contributed by atoms with Crippen LogP contribution in [0.4, 0.5) is 0 Å².